The van der Waals surface area contributed by atoms with Gasteiger partial charge in [0.15, 0.2) is 0 Å². The van der Waals surface area contributed by atoms with Crippen LogP contribution in [0.4, 0.5) is 5.69 Å². The van der Waals surface area contributed by atoms with E-state index in [1.54, 1.807) is 19.1 Å². The summed E-state index contributed by atoms with van der Waals surface area (Å²) in [4.78, 5) is 0.110. The minimum Gasteiger partial charge on any atom is -0.280 e. The summed E-state index contributed by atoms with van der Waals surface area (Å²) >= 11 is 5.85. The summed E-state index contributed by atoms with van der Waals surface area (Å²) in [5.74, 6) is 0. The summed E-state index contributed by atoms with van der Waals surface area (Å²) in [7, 11) is -6.09. The van der Waals surface area contributed by atoms with Gasteiger partial charge in [-0.25, -0.2) is 21.6 Å². The van der Waals surface area contributed by atoms with Gasteiger partial charge in [-0.3, -0.25) is 4.72 Å². The molecule has 0 saturated carbocycles. The average molecular weight is 375 g/mol. The summed E-state index contributed by atoms with van der Waals surface area (Å²) in [5.41, 5.74) is 0.802. The number of rotatable bonds is 5. The predicted molar refractivity (Wildman–Crippen MR) is 89.7 cm³/mol. The Labute approximate surface area is 140 Å². The van der Waals surface area contributed by atoms with Crippen molar-refractivity contribution >= 4 is 37.3 Å². The van der Waals surface area contributed by atoms with Crippen molar-refractivity contribution in [3.8, 4) is 0 Å². The fourth-order valence-electron chi connectivity index (χ4n) is 1.89. The standard InChI is InChI=1S/C14H15ClN2O4S2/c1-10-3-4-11(15)9-14(10)23(20,21)17-12-5-7-13(8-6-12)22(18,19)16-2/h3-9,16-17H,1-2H3. The molecule has 0 atom stereocenters. The van der Waals surface area contributed by atoms with Crippen molar-refractivity contribution in [1.29, 1.82) is 0 Å². The van der Waals surface area contributed by atoms with E-state index in [1.807, 2.05) is 0 Å². The second-order valence-electron chi connectivity index (χ2n) is 4.75. The highest BCUT2D eigenvalue weighted by molar-refractivity contribution is 7.92. The van der Waals surface area contributed by atoms with Crippen LogP contribution in [0.1, 0.15) is 5.56 Å². The Hall–Kier alpha value is -1.61. The van der Waals surface area contributed by atoms with Gasteiger partial charge in [0.1, 0.15) is 0 Å². The van der Waals surface area contributed by atoms with Crippen LogP contribution in [0.2, 0.25) is 5.02 Å². The second kappa shape index (κ2) is 6.48. The van der Waals surface area contributed by atoms with Gasteiger partial charge in [-0.05, 0) is 55.9 Å². The van der Waals surface area contributed by atoms with Gasteiger partial charge in [0, 0.05) is 10.7 Å². The summed E-state index contributed by atoms with van der Waals surface area (Å²) in [6, 6.07) is 9.96. The highest BCUT2D eigenvalue weighted by Gasteiger charge is 2.18. The maximum atomic E-state index is 12.4. The number of anilines is 1. The molecule has 0 unspecified atom stereocenters. The van der Waals surface area contributed by atoms with Crippen LogP contribution in [0, 0.1) is 6.92 Å². The number of sulfonamides is 2. The molecule has 2 N–H and O–H groups in total. The minimum absolute atomic E-state index is 0.0434. The van der Waals surface area contributed by atoms with Crippen LogP contribution in [0.15, 0.2) is 52.3 Å². The van der Waals surface area contributed by atoms with Crippen molar-refractivity contribution < 1.29 is 16.8 Å². The Morgan fingerprint density at radius 3 is 2.09 bits per heavy atom. The normalized spacial score (nSPS) is 12.1. The first-order chi connectivity index (χ1) is 10.7. The molecule has 6 nitrogen and oxygen atoms in total. The fraction of sp³-hybridized carbons (Fsp3) is 0.143. The van der Waals surface area contributed by atoms with E-state index in [1.165, 1.54) is 37.4 Å². The smallest absolute Gasteiger partial charge is 0.262 e. The van der Waals surface area contributed by atoms with E-state index in [2.05, 4.69) is 9.44 Å². The number of hydrogen-bond donors (Lipinski definition) is 2. The lowest BCUT2D eigenvalue weighted by Crippen LogP contribution is -2.18. The lowest BCUT2D eigenvalue weighted by molar-refractivity contribution is 0.588. The topological polar surface area (TPSA) is 92.3 Å². The molecule has 2 rings (SSSR count). The van der Waals surface area contributed by atoms with E-state index in [9.17, 15) is 16.8 Å². The maximum Gasteiger partial charge on any atom is 0.262 e. The molecule has 9 heteroatoms. The van der Waals surface area contributed by atoms with Gasteiger partial charge >= 0.3 is 0 Å². The molecule has 0 saturated heterocycles. The van der Waals surface area contributed by atoms with E-state index in [-0.39, 0.29) is 15.5 Å². The van der Waals surface area contributed by atoms with Gasteiger partial charge in [0.25, 0.3) is 10.0 Å². The minimum atomic E-state index is -3.82. The predicted octanol–water partition coefficient (Wildman–Crippen LogP) is 2.36. The Morgan fingerprint density at radius 2 is 1.52 bits per heavy atom. The SMILES string of the molecule is CNS(=O)(=O)c1ccc(NS(=O)(=O)c2cc(Cl)ccc2C)cc1. The fourth-order valence-corrected chi connectivity index (χ4v) is 4.19. The summed E-state index contributed by atoms with van der Waals surface area (Å²) in [6.07, 6.45) is 0. The molecule has 23 heavy (non-hydrogen) atoms. The summed E-state index contributed by atoms with van der Waals surface area (Å²) < 4.78 is 52.7. The van der Waals surface area contributed by atoms with Gasteiger partial charge < -0.3 is 0 Å². The number of aryl methyl sites for hydroxylation is 1. The second-order valence-corrected chi connectivity index (χ2v) is 8.72. The molecule has 0 bridgehead atoms. The third-order valence-corrected chi connectivity index (χ3v) is 6.31. The van der Waals surface area contributed by atoms with Gasteiger partial charge in [0.05, 0.1) is 9.79 Å². The van der Waals surface area contributed by atoms with Crippen molar-refractivity contribution in [2.24, 2.45) is 0 Å². The number of nitrogens with one attached hydrogen (secondary N) is 2. The Bertz CT molecular complexity index is 924. The van der Waals surface area contributed by atoms with Crippen LogP contribution in [-0.4, -0.2) is 23.9 Å². The molecule has 0 spiro atoms. The van der Waals surface area contributed by atoms with Crippen LogP contribution in [-0.2, 0) is 20.0 Å². The van der Waals surface area contributed by atoms with E-state index in [0.29, 0.717) is 10.6 Å². The first kappa shape index (κ1) is 17.7. The van der Waals surface area contributed by atoms with E-state index >= 15 is 0 Å². The molecule has 0 aliphatic carbocycles. The highest BCUT2D eigenvalue weighted by atomic mass is 35.5. The molecule has 0 fully saturated rings. The zero-order valence-electron chi connectivity index (χ0n) is 12.4. The molecule has 0 heterocycles. The number of benzene rings is 2. The number of hydrogen-bond acceptors (Lipinski definition) is 4. The van der Waals surface area contributed by atoms with E-state index in [0.717, 1.165) is 0 Å². The lowest BCUT2D eigenvalue weighted by Gasteiger charge is -2.11. The monoisotopic (exact) mass is 374 g/mol. The first-order valence-corrected chi connectivity index (χ1v) is 9.83. The van der Waals surface area contributed by atoms with Crippen LogP contribution in [0.25, 0.3) is 0 Å². The largest absolute Gasteiger partial charge is 0.280 e. The maximum absolute atomic E-state index is 12.4. The van der Waals surface area contributed by atoms with Crippen LogP contribution in [0.3, 0.4) is 0 Å². The zero-order valence-corrected chi connectivity index (χ0v) is 14.8. The lowest BCUT2D eigenvalue weighted by atomic mass is 10.2. The molecule has 0 aliphatic rings. The Morgan fingerprint density at radius 1 is 0.913 bits per heavy atom. The molecular weight excluding hydrogens is 360 g/mol. The summed E-state index contributed by atoms with van der Waals surface area (Å²) in [6.45, 7) is 1.66. The molecule has 124 valence electrons. The number of halogens is 1. The Kier molecular flexibility index (Phi) is 5.00. The van der Waals surface area contributed by atoms with Crippen LogP contribution < -0.4 is 9.44 Å². The highest BCUT2D eigenvalue weighted by Crippen LogP contribution is 2.23. The van der Waals surface area contributed by atoms with Crippen molar-refractivity contribution in [3.05, 3.63) is 53.1 Å². The van der Waals surface area contributed by atoms with Crippen LogP contribution >= 0.6 is 11.6 Å². The van der Waals surface area contributed by atoms with Crippen molar-refractivity contribution in [2.45, 2.75) is 16.7 Å². The molecule has 0 amide bonds. The third-order valence-electron chi connectivity index (χ3n) is 3.13. The molecule has 0 aromatic heterocycles. The molecule has 2 aromatic carbocycles. The first-order valence-electron chi connectivity index (χ1n) is 6.48. The molecule has 2 aromatic rings. The van der Waals surface area contributed by atoms with Gasteiger partial charge in [-0.1, -0.05) is 17.7 Å². The van der Waals surface area contributed by atoms with Gasteiger partial charge in [-0.2, -0.15) is 0 Å². The molecule has 0 aliphatic heterocycles. The van der Waals surface area contributed by atoms with Gasteiger partial charge in [0.2, 0.25) is 10.0 Å². The average Bonchev–Trinajstić information content (AvgIpc) is 2.49. The van der Waals surface area contributed by atoms with Crippen LogP contribution in [0.5, 0.6) is 0 Å². The Balaban J connectivity index is 2.33. The third kappa shape index (κ3) is 4.03. The quantitative estimate of drug-likeness (QED) is 0.840. The van der Waals surface area contributed by atoms with Crippen molar-refractivity contribution in [2.75, 3.05) is 11.8 Å². The van der Waals surface area contributed by atoms with E-state index < -0.39 is 20.0 Å². The van der Waals surface area contributed by atoms with E-state index in [4.69, 9.17) is 11.6 Å². The molecule has 0 radical (unpaired) electrons. The van der Waals surface area contributed by atoms with Crippen molar-refractivity contribution in [3.63, 3.8) is 0 Å². The molecular formula is C14H15ClN2O4S2. The zero-order chi connectivity index (χ0) is 17.3. The van der Waals surface area contributed by atoms with Crippen molar-refractivity contribution in [1.82, 2.24) is 4.72 Å². The summed E-state index contributed by atoms with van der Waals surface area (Å²) in [5, 5.41) is 0.312. The van der Waals surface area contributed by atoms with Gasteiger partial charge in [-0.15, -0.1) is 0 Å².